The van der Waals surface area contributed by atoms with Gasteiger partial charge in [-0.15, -0.1) is 0 Å². The van der Waals surface area contributed by atoms with Crippen LogP contribution in [0.4, 0.5) is 0 Å². The Morgan fingerprint density at radius 2 is 1.85 bits per heavy atom. The molecule has 3 aliphatic carbocycles. The van der Waals surface area contributed by atoms with Crippen molar-refractivity contribution >= 4 is 11.6 Å². The molecule has 0 aromatic heterocycles. The smallest absolute Gasteiger partial charge is 0.161 e. The Kier molecular flexibility index (Phi) is 3.07. The number of carbonyl (C=O) groups excluding carboxylic acids is 2. The Balaban J connectivity index is 2.06. The fourth-order valence-corrected chi connectivity index (χ4v) is 4.55. The van der Waals surface area contributed by atoms with Crippen LogP contribution in [0, 0.1) is 29.6 Å². The lowest BCUT2D eigenvalue weighted by molar-refractivity contribution is -0.123. The molecule has 2 saturated carbocycles. The summed E-state index contributed by atoms with van der Waals surface area (Å²) in [5.74, 6) is 1.34. The zero-order valence-electron chi connectivity index (χ0n) is 12.3. The van der Waals surface area contributed by atoms with Crippen LogP contribution in [0.25, 0.3) is 0 Å². The summed E-state index contributed by atoms with van der Waals surface area (Å²) in [5.41, 5.74) is 2.83. The number of rotatable bonds is 0. The highest BCUT2D eigenvalue weighted by molar-refractivity contribution is 6.00. The monoisotopic (exact) mass is 270 g/mol. The maximum Gasteiger partial charge on any atom is 0.161 e. The molecule has 2 fully saturated rings. The van der Waals surface area contributed by atoms with E-state index in [9.17, 15) is 9.59 Å². The lowest BCUT2D eigenvalue weighted by atomic mass is 9.54. The van der Waals surface area contributed by atoms with Crippen LogP contribution in [-0.4, -0.2) is 11.6 Å². The van der Waals surface area contributed by atoms with E-state index < -0.39 is 0 Å². The molecule has 0 N–H and O–H groups in total. The lowest BCUT2D eigenvalue weighted by Gasteiger charge is -2.48. The van der Waals surface area contributed by atoms with Crippen LogP contribution in [0.5, 0.6) is 0 Å². The minimum absolute atomic E-state index is 0.0527. The minimum Gasteiger partial charge on any atom is -0.295 e. The van der Waals surface area contributed by atoms with Crippen molar-refractivity contribution in [3.63, 3.8) is 0 Å². The van der Waals surface area contributed by atoms with Crippen molar-refractivity contribution in [1.82, 2.24) is 0 Å². The number of hydrogen-bond acceptors (Lipinski definition) is 2. The van der Waals surface area contributed by atoms with Crippen LogP contribution in [0.3, 0.4) is 0 Å². The fourth-order valence-electron chi connectivity index (χ4n) is 4.55. The molecule has 0 unspecified atom stereocenters. The fraction of sp³-hybridized carbons (Fsp3) is 0.556. The number of Topliss-reactive ketones (excluding diaryl/α,β-unsaturated/α-hetero) is 2. The van der Waals surface area contributed by atoms with Crippen LogP contribution in [0.2, 0.25) is 0 Å². The summed E-state index contributed by atoms with van der Waals surface area (Å²) in [6.07, 6.45) is 4.71. The van der Waals surface area contributed by atoms with E-state index in [1.165, 1.54) is 5.57 Å². The maximum atomic E-state index is 12.3. The van der Waals surface area contributed by atoms with Gasteiger partial charge in [0.25, 0.3) is 0 Å². The molecule has 0 aromatic carbocycles. The molecule has 0 saturated heterocycles. The molecule has 5 atom stereocenters. The predicted octanol–water partition coefficient (Wildman–Crippen LogP) is 3.50. The number of fused-ring (bicyclic) bond motifs is 3. The van der Waals surface area contributed by atoms with Gasteiger partial charge in [-0.25, -0.2) is 0 Å². The third-order valence-electron chi connectivity index (χ3n) is 5.58. The minimum atomic E-state index is 0.0527. The van der Waals surface area contributed by atoms with Gasteiger partial charge in [0.05, 0.1) is 0 Å². The molecule has 3 aliphatic rings. The zero-order chi connectivity index (χ0) is 14.6. The molecular weight excluding hydrogens is 248 g/mol. The summed E-state index contributed by atoms with van der Waals surface area (Å²) in [5, 5.41) is 0. The van der Waals surface area contributed by atoms with Gasteiger partial charge in [-0.05, 0) is 42.7 Å². The molecule has 0 radical (unpaired) electrons. The number of ketones is 2. The van der Waals surface area contributed by atoms with Gasteiger partial charge in [-0.1, -0.05) is 31.7 Å². The summed E-state index contributed by atoms with van der Waals surface area (Å²) >= 11 is 0. The third kappa shape index (κ3) is 1.77. The van der Waals surface area contributed by atoms with Gasteiger partial charge in [0.1, 0.15) is 0 Å². The van der Waals surface area contributed by atoms with Crippen molar-refractivity contribution in [1.29, 1.82) is 0 Å². The van der Waals surface area contributed by atoms with Gasteiger partial charge in [0.15, 0.2) is 11.6 Å². The normalized spacial score (nSPS) is 41.1. The van der Waals surface area contributed by atoms with Crippen molar-refractivity contribution < 1.29 is 9.59 Å². The molecule has 106 valence electrons. The van der Waals surface area contributed by atoms with Gasteiger partial charge >= 0.3 is 0 Å². The van der Waals surface area contributed by atoms with Crippen molar-refractivity contribution in [3.05, 3.63) is 36.0 Å². The van der Waals surface area contributed by atoms with E-state index >= 15 is 0 Å². The van der Waals surface area contributed by atoms with Crippen LogP contribution in [-0.2, 0) is 9.59 Å². The van der Waals surface area contributed by atoms with E-state index in [2.05, 4.69) is 26.2 Å². The SMILES string of the molecule is C=C1C(=O)CC[C@@H]2C(C)=C[C@H]3C[C@@H](C)C(=O)C(=C)[C@@H]3[C@@H]12. The Labute approximate surface area is 120 Å². The van der Waals surface area contributed by atoms with Crippen LogP contribution in [0.1, 0.15) is 33.1 Å². The van der Waals surface area contributed by atoms with Crippen molar-refractivity contribution in [3.8, 4) is 0 Å². The van der Waals surface area contributed by atoms with E-state index in [1.54, 1.807) is 0 Å². The molecule has 2 heteroatoms. The second-order valence-corrected chi connectivity index (χ2v) is 6.75. The highest BCUT2D eigenvalue weighted by Gasteiger charge is 2.49. The average Bonchev–Trinajstić information content (AvgIpc) is 2.40. The highest BCUT2D eigenvalue weighted by atomic mass is 16.1. The van der Waals surface area contributed by atoms with Gasteiger partial charge in [-0.3, -0.25) is 9.59 Å². The molecule has 0 aromatic rings. The number of carbonyl (C=O) groups is 2. The van der Waals surface area contributed by atoms with Crippen molar-refractivity contribution in [2.45, 2.75) is 33.1 Å². The first kappa shape index (κ1) is 13.5. The van der Waals surface area contributed by atoms with E-state index in [0.29, 0.717) is 18.3 Å². The number of allylic oxidation sites excluding steroid dienone is 4. The van der Waals surface area contributed by atoms with E-state index in [4.69, 9.17) is 0 Å². The second-order valence-electron chi connectivity index (χ2n) is 6.75. The molecule has 0 aliphatic heterocycles. The summed E-state index contributed by atoms with van der Waals surface area (Å²) in [7, 11) is 0. The molecule has 0 amide bonds. The topological polar surface area (TPSA) is 34.1 Å². The van der Waals surface area contributed by atoms with Gasteiger partial charge < -0.3 is 0 Å². The van der Waals surface area contributed by atoms with Crippen LogP contribution in [0.15, 0.2) is 36.0 Å². The standard InChI is InChI=1S/C18H22O2/c1-9-7-13-8-10(2)18(20)12(4)16(13)17-11(3)15(19)6-5-14(9)17/h7,10,13-14,16-17H,3-6,8H2,1-2H3/t10-,13+,14-,16+,17+/m1/s1. The van der Waals surface area contributed by atoms with Crippen molar-refractivity contribution in [2.75, 3.05) is 0 Å². The van der Waals surface area contributed by atoms with E-state index in [0.717, 1.165) is 24.0 Å². The number of hydrogen-bond donors (Lipinski definition) is 0. The zero-order valence-corrected chi connectivity index (χ0v) is 12.3. The summed E-state index contributed by atoms with van der Waals surface area (Å²) in [6.45, 7) is 12.3. The van der Waals surface area contributed by atoms with Crippen molar-refractivity contribution in [2.24, 2.45) is 29.6 Å². The van der Waals surface area contributed by atoms with Gasteiger partial charge in [0, 0.05) is 24.2 Å². The third-order valence-corrected chi connectivity index (χ3v) is 5.58. The molecule has 0 bridgehead atoms. The Hall–Kier alpha value is -1.44. The van der Waals surface area contributed by atoms with Gasteiger partial charge in [-0.2, -0.15) is 0 Å². The van der Waals surface area contributed by atoms with E-state index in [1.807, 2.05) is 6.92 Å². The molecule has 0 spiro atoms. The first-order chi connectivity index (χ1) is 9.41. The summed E-state index contributed by atoms with van der Waals surface area (Å²) in [4.78, 5) is 24.3. The molecule has 3 rings (SSSR count). The Bertz CT molecular complexity index is 552. The first-order valence-corrected chi connectivity index (χ1v) is 7.55. The Morgan fingerprint density at radius 3 is 2.55 bits per heavy atom. The summed E-state index contributed by atoms with van der Waals surface area (Å²) < 4.78 is 0. The quantitative estimate of drug-likeness (QED) is 0.499. The van der Waals surface area contributed by atoms with E-state index in [-0.39, 0.29) is 29.3 Å². The average molecular weight is 270 g/mol. The molecule has 2 nitrogen and oxygen atoms in total. The molecule has 0 heterocycles. The highest BCUT2D eigenvalue weighted by Crippen LogP contribution is 2.53. The van der Waals surface area contributed by atoms with Crippen LogP contribution >= 0.6 is 0 Å². The maximum absolute atomic E-state index is 12.3. The predicted molar refractivity (Wildman–Crippen MR) is 79.0 cm³/mol. The first-order valence-electron chi connectivity index (χ1n) is 7.55. The second kappa shape index (κ2) is 4.54. The molecule has 20 heavy (non-hydrogen) atoms. The largest absolute Gasteiger partial charge is 0.295 e. The van der Waals surface area contributed by atoms with Crippen LogP contribution < -0.4 is 0 Å². The Morgan fingerprint density at radius 1 is 1.15 bits per heavy atom. The summed E-state index contributed by atoms with van der Waals surface area (Å²) in [6, 6.07) is 0. The molecular formula is C18H22O2. The van der Waals surface area contributed by atoms with Gasteiger partial charge in [0.2, 0.25) is 0 Å². The lowest BCUT2D eigenvalue weighted by Crippen LogP contribution is -2.45.